The standard InChI is InChI=1S/C9H9ClN2O2/c1-14-9(13)6-2-5(10)3-7-8(6)12-4-11-7/h2-4,9,13H,1H3,(H,11,12). The Labute approximate surface area is 85.5 Å². The smallest absolute Gasteiger partial charge is 0.183 e. The van der Waals surface area contributed by atoms with E-state index >= 15 is 0 Å². The quantitative estimate of drug-likeness (QED) is 0.747. The molecule has 1 aromatic heterocycles. The number of aliphatic hydroxyl groups excluding tert-OH is 1. The zero-order chi connectivity index (χ0) is 10.1. The van der Waals surface area contributed by atoms with Crippen LogP contribution in [0.5, 0.6) is 0 Å². The van der Waals surface area contributed by atoms with E-state index < -0.39 is 6.29 Å². The van der Waals surface area contributed by atoms with E-state index in [1.807, 2.05) is 0 Å². The largest absolute Gasteiger partial charge is 0.364 e. The fourth-order valence-electron chi connectivity index (χ4n) is 1.36. The van der Waals surface area contributed by atoms with Crippen LogP contribution in [-0.4, -0.2) is 22.2 Å². The molecule has 2 rings (SSSR count). The Kier molecular flexibility index (Phi) is 2.41. The first kappa shape index (κ1) is 9.45. The molecule has 1 aromatic carbocycles. The van der Waals surface area contributed by atoms with Crippen LogP contribution < -0.4 is 0 Å². The molecule has 0 spiro atoms. The molecule has 0 aliphatic carbocycles. The lowest BCUT2D eigenvalue weighted by Crippen LogP contribution is -2.00. The van der Waals surface area contributed by atoms with E-state index in [0.717, 1.165) is 5.52 Å². The summed E-state index contributed by atoms with van der Waals surface area (Å²) in [6.45, 7) is 0. The number of H-pyrrole nitrogens is 1. The maximum atomic E-state index is 9.54. The molecule has 5 heteroatoms. The van der Waals surface area contributed by atoms with Gasteiger partial charge in [-0.1, -0.05) is 11.6 Å². The maximum absolute atomic E-state index is 9.54. The van der Waals surface area contributed by atoms with Gasteiger partial charge in [0.1, 0.15) is 0 Å². The number of aromatic nitrogens is 2. The van der Waals surface area contributed by atoms with Gasteiger partial charge in [0.05, 0.1) is 17.4 Å². The number of aromatic amines is 1. The minimum atomic E-state index is -1.00. The molecule has 0 bridgehead atoms. The summed E-state index contributed by atoms with van der Waals surface area (Å²) in [4.78, 5) is 6.99. The van der Waals surface area contributed by atoms with Gasteiger partial charge in [-0.3, -0.25) is 0 Å². The molecule has 0 saturated heterocycles. The number of hydrogen-bond donors (Lipinski definition) is 2. The second-order valence-corrected chi connectivity index (χ2v) is 3.32. The Morgan fingerprint density at radius 2 is 2.36 bits per heavy atom. The first-order valence-electron chi connectivity index (χ1n) is 4.05. The number of halogens is 1. The van der Waals surface area contributed by atoms with Crippen LogP contribution in [-0.2, 0) is 4.74 Å². The predicted molar refractivity (Wildman–Crippen MR) is 53.1 cm³/mol. The number of aliphatic hydroxyl groups is 1. The van der Waals surface area contributed by atoms with Gasteiger partial charge >= 0.3 is 0 Å². The molecule has 0 fully saturated rings. The minimum Gasteiger partial charge on any atom is -0.364 e. The highest BCUT2D eigenvalue weighted by molar-refractivity contribution is 6.31. The lowest BCUT2D eigenvalue weighted by atomic mass is 10.2. The van der Waals surface area contributed by atoms with Crippen LogP contribution in [0.4, 0.5) is 0 Å². The molecule has 0 aliphatic heterocycles. The van der Waals surface area contributed by atoms with Gasteiger partial charge in [-0.25, -0.2) is 4.98 Å². The van der Waals surface area contributed by atoms with E-state index in [2.05, 4.69) is 9.97 Å². The van der Waals surface area contributed by atoms with Crippen molar-refractivity contribution in [3.05, 3.63) is 29.0 Å². The highest BCUT2D eigenvalue weighted by Crippen LogP contribution is 2.26. The van der Waals surface area contributed by atoms with Gasteiger partial charge in [-0.2, -0.15) is 0 Å². The Balaban J connectivity index is 2.66. The third-order valence-corrected chi connectivity index (χ3v) is 2.23. The predicted octanol–water partition coefficient (Wildman–Crippen LogP) is 1.85. The van der Waals surface area contributed by atoms with Gasteiger partial charge in [-0.15, -0.1) is 0 Å². The van der Waals surface area contributed by atoms with Crippen molar-refractivity contribution < 1.29 is 9.84 Å². The topological polar surface area (TPSA) is 58.1 Å². The van der Waals surface area contributed by atoms with E-state index in [0.29, 0.717) is 16.1 Å². The third kappa shape index (κ3) is 1.48. The summed E-state index contributed by atoms with van der Waals surface area (Å²) in [6, 6.07) is 3.38. The fourth-order valence-corrected chi connectivity index (χ4v) is 1.58. The van der Waals surface area contributed by atoms with Gasteiger partial charge in [0.25, 0.3) is 0 Å². The summed E-state index contributed by atoms with van der Waals surface area (Å²) in [7, 11) is 1.42. The van der Waals surface area contributed by atoms with Crippen LogP contribution in [0.25, 0.3) is 11.0 Å². The second-order valence-electron chi connectivity index (χ2n) is 2.88. The van der Waals surface area contributed by atoms with Crippen LogP contribution >= 0.6 is 11.6 Å². The number of nitrogens with zero attached hydrogens (tertiary/aromatic N) is 1. The van der Waals surface area contributed by atoms with Crippen LogP contribution in [0.15, 0.2) is 18.5 Å². The van der Waals surface area contributed by atoms with Crippen LogP contribution in [0.3, 0.4) is 0 Å². The van der Waals surface area contributed by atoms with Crippen LogP contribution in [0.1, 0.15) is 11.9 Å². The van der Waals surface area contributed by atoms with E-state index in [4.69, 9.17) is 16.3 Å². The molecule has 0 saturated carbocycles. The first-order chi connectivity index (χ1) is 6.72. The van der Waals surface area contributed by atoms with Gasteiger partial charge < -0.3 is 14.8 Å². The number of imidazole rings is 1. The van der Waals surface area contributed by atoms with Crippen molar-refractivity contribution in [3.63, 3.8) is 0 Å². The van der Waals surface area contributed by atoms with Crippen LogP contribution in [0, 0.1) is 0 Å². The lowest BCUT2D eigenvalue weighted by molar-refractivity contribution is -0.0759. The highest BCUT2D eigenvalue weighted by Gasteiger charge is 2.13. The fraction of sp³-hybridized carbons (Fsp3) is 0.222. The van der Waals surface area contributed by atoms with Crippen molar-refractivity contribution >= 4 is 22.6 Å². The van der Waals surface area contributed by atoms with E-state index in [1.165, 1.54) is 7.11 Å². The van der Waals surface area contributed by atoms with E-state index in [-0.39, 0.29) is 0 Å². The molecule has 74 valence electrons. The molecular formula is C9H9ClN2O2. The molecule has 0 radical (unpaired) electrons. The number of hydrogen-bond acceptors (Lipinski definition) is 3. The zero-order valence-electron chi connectivity index (χ0n) is 7.49. The van der Waals surface area contributed by atoms with Gasteiger partial charge in [0.2, 0.25) is 0 Å². The van der Waals surface area contributed by atoms with Crippen molar-refractivity contribution in [2.45, 2.75) is 6.29 Å². The van der Waals surface area contributed by atoms with E-state index in [9.17, 15) is 5.11 Å². The van der Waals surface area contributed by atoms with Gasteiger partial charge in [0, 0.05) is 17.7 Å². The van der Waals surface area contributed by atoms with Gasteiger partial charge in [-0.05, 0) is 12.1 Å². The summed E-state index contributed by atoms with van der Waals surface area (Å²) in [5, 5.41) is 10.1. The molecule has 2 aromatic rings. The summed E-state index contributed by atoms with van der Waals surface area (Å²) < 4.78 is 4.81. The molecule has 1 unspecified atom stereocenters. The summed E-state index contributed by atoms with van der Waals surface area (Å²) in [5.41, 5.74) is 2.02. The Morgan fingerprint density at radius 1 is 1.57 bits per heavy atom. The number of methoxy groups -OCH3 is 1. The minimum absolute atomic E-state index is 0.535. The highest BCUT2D eigenvalue weighted by atomic mass is 35.5. The molecule has 1 heterocycles. The third-order valence-electron chi connectivity index (χ3n) is 2.01. The molecule has 14 heavy (non-hydrogen) atoms. The summed E-state index contributed by atoms with van der Waals surface area (Å²) >= 11 is 5.87. The van der Waals surface area contributed by atoms with E-state index in [1.54, 1.807) is 18.5 Å². The summed E-state index contributed by atoms with van der Waals surface area (Å²) in [6.07, 6.45) is 0.548. The number of ether oxygens (including phenoxy) is 1. The van der Waals surface area contributed by atoms with Crippen molar-refractivity contribution in [2.75, 3.05) is 7.11 Å². The number of fused-ring (bicyclic) bond motifs is 1. The molecule has 2 N–H and O–H groups in total. The summed E-state index contributed by atoms with van der Waals surface area (Å²) in [5.74, 6) is 0. The normalized spacial score (nSPS) is 13.4. The lowest BCUT2D eigenvalue weighted by Gasteiger charge is -2.09. The maximum Gasteiger partial charge on any atom is 0.183 e. The first-order valence-corrected chi connectivity index (χ1v) is 4.43. The number of benzene rings is 1. The van der Waals surface area contributed by atoms with Crippen LogP contribution in [0.2, 0.25) is 5.02 Å². The Bertz CT molecular complexity index is 455. The zero-order valence-corrected chi connectivity index (χ0v) is 8.25. The van der Waals surface area contributed by atoms with Crippen molar-refractivity contribution in [1.29, 1.82) is 0 Å². The molecule has 0 amide bonds. The number of rotatable bonds is 2. The van der Waals surface area contributed by atoms with Crippen molar-refractivity contribution in [1.82, 2.24) is 9.97 Å². The molecular weight excluding hydrogens is 204 g/mol. The molecule has 1 atom stereocenters. The van der Waals surface area contributed by atoms with Crippen molar-refractivity contribution in [3.8, 4) is 0 Å². The Hall–Kier alpha value is -1.10. The average molecular weight is 213 g/mol. The van der Waals surface area contributed by atoms with Crippen molar-refractivity contribution in [2.24, 2.45) is 0 Å². The number of nitrogens with one attached hydrogen (secondary N) is 1. The van der Waals surface area contributed by atoms with Gasteiger partial charge in [0.15, 0.2) is 6.29 Å². The monoisotopic (exact) mass is 212 g/mol. The second kappa shape index (κ2) is 3.57. The average Bonchev–Trinajstić information content (AvgIpc) is 2.62. The molecule has 4 nitrogen and oxygen atoms in total. The SMILES string of the molecule is COC(O)c1cc(Cl)cc2[nH]cnc12. The Morgan fingerprint density at radius 3 is 3.07 bits per heavy atom. The molecule has 0 aliphatic rings.